The maximum Gasteiger partial charge on any atom is 0.243 e. The van der Waals surface area contributed by atoms with Crippen molar-refractivity contribution >= 4 is 12.0 Å². The first-order chi connectivity index (χ1) is 10.2. The highest BCUT2D eigenvalue weighted by atomic mass is 19.1. The van der Waals surface area contributed by atoms with Crippen LogP contribution in [0.25, 0.3) is 6.08 Å². The van der Waals surface area contributed by atoms with E-state index in [4.69, 9.17) is 4.74 Å². The number of carbonyl (C=O) groups excluding carboxylic acids is 1. The van der Waals surface area contributed by atoms with Crippen molar-refractivity contribution in [1.82, 2.24) is 10.2 Å². The molecule has 1 aliphatic rings. The molecule has 0 radical (unpaired) electrons. The van der Waals surface area contributed by atoms with Gasteiger partial charge in [0.2, 0.25) is 5.91 Å². The molecule has 1 aliphatic heterocycles. The number of carbonyl (C=O) groups is 1. The van der Waals surface area contributed by atoms with E-state index in [1.165, 1.54) is 18.2 Å². The molecule has 1 saturated heterocycles. The van der Waals surface area contributed by atoms with Gasteiger partial charge in [-0.1, -0.05) is 12.1 Å². The number of nitrogens with zero attached hydrogens (tertiary/aromatic N) is 1. The van der Waals surface area contributed by atoms with E-state index in [1.807, 2.05) is 0 Å². The SMILES string of the molecule is O=C(/C=C/c1cccc(F)c1)NCCCN1CCOCC1. The standard InChI is InChI=1S/C16H21FN2O2/c17-15-4-1-3-14(13-15)5-6-16(20)18-7-2-8-19-9-11-21-12-10-19/h1,3-6,13H,2,7-12H2,(H,18,20)/b6-5+. The maximum atomic E-state index is 13.0. The monoisotopic (exact) mass is 292 g/mol. The molecule has 0 atom stereocenters. The highest BCUT2D eigenvalue weighted by Crippen LogP contribution is 2.05. The van der Waals surface area contributed by atoms with Gasteiger partial charge in [0.25, 0.3) is 0 Å². The summed E-state index contributed by atoms with van der Waals surface area (Å²) < 4.78 is 18.2. The van der Waals surface area contributed by atoms with E-state index >= 15 is 0 Å². The van der Waals surface area contributed by atoms with Gasteiger partial charge in [0.15, 0.2) is 0 Å². The summed E-state index contributed by atoms with van der Waals surface area (Å²) in [4.78, 5) is 14.0. The van der Waals surface area contributed by atoms with Crippen molar-refractivity contribution in [2.45, 2.75) is 6.42 Å². The smallest absolute Gasteiger partial charge is 0.243 e. The van der Waals surface area contributed by atoms with Gasteiger partial charge in [0.05, 0.1) is 13.2 Å². The van der Waals surface area contributed by atoms with Crippen molar-refractivity contribution in [3.63, 3.8) is 0 Å². The van der Waals surface area contributed by atoms with Crippen LogP contribution in [0.2, 0.25) is 0 Å². The van der Waals surface area contributed by atoms with Gasteiger partial charge in [0.1, 0.15) is 5.82 Å². The third kappa shape index (κ3) is 6.06. The third-order valence-electron chi connectivity index (χ3n) is 3.33. The van der Waals surface area contributed by atoms with E-state index in [0.29, 0.717) is 12.1 Å². The normalized spacial score (nSPS) is 16.2. The second-order valence-electron chi connectivity index (χ2n) is 4.99. The minimum Gasteiger partial charge on any atom is -0.379 e. The summed E-state index contributed by atoms with van der Waals surface area (Å²) in [6.45, 7) is 5.13. The Morgan fingerprint density at radius 1 is 1.38 bits per heavy atom. The molecule has 21 heavy (non-hydrogen) atoms. The van der Waals surface area contributed by atoms with Gasteiger partial charge < -0.3 is 10.1 Å². The summed E-state index contributed by atoms with van der Waals surface area (Å²) in [7, 11) is 0. The molecule has 2 rings (SSSR count). The molecule has 5 heteroatoms. The number of morpholine rings is 1. The van der Waals surface area contributed by atoms with E-state index in [9.17, 15) is 9.18 Å². The summed E-state index contributed by atoms with van der Waals surface area (Å²) in [5.41, 5.74) is 0.679. The Balaban J connectivity index is 1.63. The second kappa shape index (κ2) is 8.54. The molecule has 1 fully saturated rings. The number of ether oxygens (including phenoxy) is 1. The molecule has 114 valence electrons. The number of rotatable bonds is 6. The van der Waals surface area contributed by atoms with Gasteiger partial charge in [-0.15, -0.1) is 0 Å². The number of halogens is 1. The Labute approximate surface area is 124 Å². The van der Waals surface area contributed by atoms with Gasteiger partial charge in [0, 0.05) is 25.7 Å². The van der Waals surface area contributed by atoms with Crippen LogP contribution in [0.15, 0.2) is 30.3 Å². The number of amides is 1. The molecular formula is C16H21FN2O2. The summed E-state index contributed by atoms with van der Waals surface area (Å²) in [5.74, 6) is -0.454. The first kappa shape index (κ1) is 15.7. The van der Waals surface area contributed by atoms with Crippen LogP contribution >= 0.6 is 0 Å². The van der Waals surface area contributed by atoms with Gasteiger partial charge >= 0.3 is 0 Å². The fourth-order valence-corrected chi connectivity index (χ4v) is 2.18. The molecule has 0 aromatic heterocycles. The maximum absolute atomic E-state index is 13.0. The molecule has 1 aromatic carbocycles. The van der Waals surface area contributed by atoms with Crippen LogP contribution < -0.4 is 5.32 Å². The Kier molecular flexibility index (Phi) is 6.37. The summed E-state index contributed by atoms with van der Waals surface area (Å²) in [6.07, 6.45) is 3.96. The number of hydrogen-bond acceptors (Lipinski definition) is 3. The molecule has 0 saturated carbocycles. The summed E-state index contributed by atoms with van der Waals surface area (Å²) in [6, 6.07) is 6.14. The lowest BCUT2D eigenvalue weighted by molar-refractivity contribution is -0.116. The third-order valence-corrected chi connectivity index (χ3v) is 3.33. The number of hydrogen-bond donors (Lipinski definition) is 1. The summed E-state index contributed by atoms with van der Waals surface area (Å²) >= 11 is 0. The van der Waals surface area contributed by atoms with E-state index in [0.717, 1.165) is 39.3 Å². The first-order valence-electron chi connectivity index (χ1n) is 7.25. The molecule has 4 nitrogen and oxygen atoms in total. The van der Waals surface area contributed by atoms with Gasteiger partial charge in [-0.05, 0) is 36.7 Å². The fraction of sp³-hybridized carbons (Fsp3) is 0.438. The van der Waals surface area contributed by atoms with Crippen molar-refractivity contribution in [2.24, 2.45) is 0 Å². The molecule has 1 amide bonds. The van der Waals surface area contributed by atoms with E-state index in [1.54, 1.807) is 18.2 Å². The van der Waals surface area contributed by atoms with Crippen molar-refractivity contribution in [2.75, 3.05) is 39.4 Å². The van der Waals surface area contributed by atoms with Crippen LogP contribution in [0.1, 0.15) is 12.0 Å². The predicted octanol–water partition coefficient (Wildman–Crippen LogP) is 1.68. The molecule has 1 N–H and O–H groups in total. The second-order valence-corrected chi connectivity index (χ2v) is 4.99. The largest absolute Gasteiger partial charge is 0.379 e. The van der Waals surface area contributed by atoms with Crippen LogP contribution in [0.4, 0.5) is 4.39 Å². The Hall–Kier alpha value is -1.72. The van der Waals surface area contributed by atoms with E-state index in [-0.39, 0.29) is 11.7 Å². The first-order valence-corrected chi connectivity index (χ1v) is 7.25. The van der Waals surface area contributed by atoms with Crippen LogP contribution in [0.3, 0.4) is 0 Å². The van der Waals surface area contributed by atoms with E-state index < -0.39 is 0 Å². The fourth-order valence-electron chi connectivity index (χ4n) is 2.18. The molecule has 1 heterocycles. The lowest BCUT2D eigenvalue weighted by atomic mass is 10.2. The quantitative estimate of drug-likeness (QED) is 0.641. The average Bonchev–Trinajstić information content (AvgIpc) is 2.51. The average molecular weight is 292 g/mol. The zero-order valence-corrected chi connectivity index (χ0v) is 12.1. The van der Waals surface area contributed by atoms with E-state index in [2.05, 4.69) is 10.2 Å². The molecule has 0 spiro atoms. The lowest BCUT2D eigenvalue weighted by Crippen LogP contribution is -2.38. The number of benzene rings is 1. The van der Waals surface area contributed by atoms with Crippen LogP contribution in [-0.4, -0.2) is 50.2 Å². The van der Waals surface area contributed by atoms with Gasteiger partial charge in [-0.2, -0.15) is 0 Å². The van der Waals surface area contributed by atoms with Crippen molar-refractivity contribution in [3.8, 4) is 0 Å². The van der Waals surface area contributed by atoms with Crippen LogP contribution in [0.5, 0.6) is 0 Å². The predicted molar refractivity (Wildman–Crippen MR) is 80.3 cm³/mol. The Bertz CT molecular complexity index is 485. The molecule has 1 aromatic rings. The Morgan fingerprint density at radius 2 is 2.19 bits per heavy atom. The minimum absolute atomic E-state index is 0.152. The summed E-state index contributed by atoms with van der Waals surface area (Å²) in [5, 5.41) is 2.83. The van der Waals surface area contributed by atoms with Crippen molar-refractivity contribution < 1.29 is 13.9 Å². The molecule has 0 bridgehead atoms. The van der Waals surface area contributed by atoms with Crippen molar-refractivity contribution in [3.05, 3.63) is 41.7 Å². The van der Waals surface area contributed by atoms with Crippen LogP contribution in [-0.2, 0) is 9.53 Å². The highest BCUT2D eigenvalue weighted by molar-refractivity contribution is 5.91. The molecule has 0 unspecified atom stereocenters. The zero-order chi connectivity index (χ0) is 14.9. The number of nitrogens with one attached hydrogen (secondary N) is 1. The molecule has 0 aliphatic carbocycles. The minimum atomic E-state index is -0.303. The van der Waals surface area contributed by atoms with Gasteiger partial charge in [-0.3, -0.25) is 9.69 Å². The topological polar surface area (TPSA) is 41.6 Å². The lowest BCUT2D eigenvalue weighted by Gasteiger charge is -2.26. The zero-order valence-electron chi connectivity index (χ0n) is 12.1. The molecular weight excluding hydrogens is 271 g/mol. The van der Waals surface area contributed by atoms with Gasteiger partial charge in [-0.25, -0.2) is 4.39 Å². The van der Waals surface area contributed by atoms with Crippen molar-refractivity contribution in [1.29, 1.82) is 0 Å². The Morgan fingerprint density at radius 3 is 2.95 bits per heavy atom. The van der Waals surface area contributed by atoms with Crippen LogP contribution in [0, 0.1) is 5.82 Å². The highest BCUT2D eigenvalue weighted by Gasteiger charge is 2.09.